The van der Waals surface area contributed by atoms with E-state index in [0.29, 0.717) is 30.9 Å². The van der Waals surface area contributed by atoms with Crippen molar-refractivity contribution in [3.05, 3.63) is 84.3 Å². The number of phenols is 1. The van der Waals surface area contributed by atoms with E-state index in [2.05, 4.69) is 20.3 Å². The van der Waals surface area contributed by atoms with Crippen molar-refractivity contribution in [3.63, 3.8) is 0 Å². The van der Waals surface area contributed by atoms with Crippen LogP contribution < -0.4 is 11.1 Å². The second-order valence-electron chi connectivity index (χ2n) is 7.91. The summed E-state index contributed by atoms with van der Waals surface area (Å²) in [6.07, 6.45) is 4.30. The van der Waals surface area contributed by atoms with Gasteiger partial charge in [-0.3, -0.25) is 9.59 Å². The third-order valence-electron chi connectivity index (χ3n) is 5.52. The highest BCUT2D eigenvalue weighted by molar-refractivity contribution is 5.97. The number of nitrogens with zero attached hydrogens (tertiary/aromatic N) is 3. The number of carbonyl (C=O) groups excluding carboxylic acids is 2. The molecule has 2 aromatic heterocycles. The van der Waals surface area contributed by atoms with Crippen molar-refractivity contribution in [1.29, 1.82) is 0 Å². The molecule has 2 aromatic carbocycles. The molecule has 0 unspecified atom stereocenters. The maximum Gasteiger partial charge on any atom is 0.273 e. The predicted octanol–water partition coefficient (Wildman–Crippen LogP) is 3.05. The van der Waals surface area contributed by atoms with Gasteiger partial charge in [-0.15, -0.1) is 0 Å². The first-order valence-corrected chi connectivity index (χ1v) is 11.0. The number of para-hydroxylation sites is 1. The number of carbonyl (C=O) groups is 2. The predicted molar refractivity (Wildman–Crippen MR) is 129 cm³/mol. The Hall–Kier alpha value is -4.40. The second kappa shape index (κ2) is 10.5. The van der Waals surface area contributed by atoms with E-state index in [4.69, 9.17) is 5.73 Å². The number of phenolic OH excluding ortho intramolecular Hbond substituents is 1. The highest BCUT2D eigenvalue weighted by Crippen LogP contribution is 2.20. The van der Waals surface area contributed by atoms with Crippen LogP contribution in [0.15, 0.2) is 73.1 Å². The van der Waals surface area contributed by atoms with Crippen LogP contribution in [0.25, 0.3) is 10.9 Å². The van der Waals surface area contributed by atoms with E-state index in [1.54, 1.807) is 42.7 Å². The van der Waals surface area contributed by atoms with Crippen LogP contribution in [0.1, 0.15) is 28.9 Å². The molecule has 2 heterocycles. The Morgan fingerprint density at radius 1 is 1.09 bits per heavy atom. The number of anilines is 1. The molecule has 5 N–H and O–H groups in total. The Morgan fingerprint density at radius 2 is 1.88 bits per heavy atom. The van der Waals surface area contributed by atoms with Gasteiger partial charge in [-0.1, -0.05) is 36.4 Å². The standard InChI is InChI=1S/C25H26N6O3/c26-23(33)22(6-3-13-27-25-28-14-15-29-25)31(16-17-7-10-19(32)11-8-17)24(34)21-12-9-18-4-1-2-5-20(18)30-21/h1-2,4-5,7-12,14-15,22,32H,3,6,13,16H2,(H2,26,33)(H2,27,28,29)/t22-/m0/s1. The Labute approximate surface area is 196 Å². The van der Waals surface area contributed by atoms with E-state index in [1.807, 2.05) is 30.3 Å². The smallest absolute Gasteiger partial charge is 0.273 e. The Kier molecular flexibility index (Phi) is 7.02. The van der Waals surface area contributed by atoms with E-state index < -0.39 is 11.9 Å². The highest BCUT2D eigenvalue weighted by atomic mass is 16.3. The lowest BCUT2D eigenvalue weighted by atomic mass is 10.1. The van der Waals surface area contributed by atoms with Crippen LogP contribution >= 0.6 is 0 Å². The molecule has 0 saturated heterocycles. The number of fused-ring (bicyclic) bond motifs is 1. The molecule has 0 aliphatic carbocycles. The molecule has 1 atom stereocenters. The number of nitrogens with two attached hydrogens (primary N) is 1. The van der Waals surface area contributed by atoms with Gasteiger partial charge in [-0.05, 0) is 42.7 Å². The zero-order chi connectivity index (χ0) is 23.9. The number of aromatic nitrogens is 3. The average molecular weight is 459 g/mol. The van der Waals surface area contributed by atoms with Crippen LogP contribution in [0, 0.1) is 0 Å². The molecule has 174 valence electrons. The van der Waals surface area contributed by atoms with Crippen LogP contribution in [0.2, 0.25) is 0 Å². The minimum atomic E-state index is -0.840. The normalized spacial score (nSPS) is 11.8. The van der Waals surface area contributed by atoms with Gasteiger partial charge >= 0.3 is 0 Å². The summed E-state index contributed by atoms with van der Waals surface area (Å²) in [5, 5.41) is 13.7. The summed E-state index contributed by atoms with van der Waals surface area (Å²) in [5.41, 5.74) is 7.45. The molecular weight excluding hydrogens is 432 g/mol. The number of aromatic hydroxyl groups is 1. The number of H-pyrrole nitrogens is 1. The minimum absolute atomic E-state index is 0.119. The van der Waals surface area contributed by atoms with Crippen LogP contribution in [0.5, 0.6) is 5.75 Å². The van der Waals surface area contributed by atoms with E-state index >= 15 is 0 Å². The lowest BCUT2D eigenvalue weighted by Crippen LogP contribution is -2.48. The fourth-order valence-electron chi connectivity index (χ4n) is 3.77. The summed E-state index contributed by atoms with van der Waals surface area (Å²) in [7, 11) is 0. The van der Waals surface area contributed by atoms with Crippen molar-refractivity contribution in [2.75, 3.05) is 11.9 Å². The van der Waals surface area contributed by atoms with Gasteiger partial charge in [-0.25, -0.2) is 9.97 Å². The van der Waals surface area contributed by atoms with Crippen LogP contribution in [-0.2, 0) is 11.3 Å². The summed E-state index contributed by atoms with van der Waals surface area (Å²) in [4.78, 5) is 39.1. The summed E-state index contributed by atoms with van der Waals surface area (Å²) >= 11 is 0. The zero-order valence-corrected chi connectivity index (χ0v) is 18.5. The first-order valence-electron chi connectivity index (χ1n) is 11.0. The quantitative estimate of drug-likeness (QED) is 0.270. The van der Waals surface area contributed by atoms with Crippen LogP contribution in [0.3, 0.4) is 0 Å². The van der Waals surface area contributed by atoms with Crippen LogP contribution in [-0.4, -0.2) is 49.4 Å². The summed E-state index contributed by atoms with van der Waals surface area (Å²) < 4.78 is 0. The summed E-state index contributed by atoms with van der Waals surface area (Å²) in [6.45, 7) is 0.694. The number of primary amides is 1. The maximum atomic E-state index is 13.6. The van der Waals surface area contributed by atoms with Crippen molar-refractivity contribution >= 4 is 28.7 Å². The van der Waals surface area contributed by atoms with Crippen molar-refractivity contribution in [2.45, 2.75) is 25.4 Å². The molecule has 0 spiro atoms. The first kappa shape index (κ1) is 22.8. The molecule has 0 aliphatic rings. The Bertz CT molecular complexity index is 1260. The van der Waals surface area contributed by atoms with E-state index in [1.165, 1.54) is 4.90 Å². The number of aromatic amines is 1. The van der Waals surface area contributed by atoms with Gasteiger partial charge in [-0.2, -0.15) is 0 Å². The van der Waals surface area contributed by atoms with Gasteiger partial charge in [0.1, 0.15) is 17.5 Å². The Morgan fingerprint density at radius 3 is 2.62 bits per heavy atom. The molecule has 0 saturated carbocycles. The number of hydrogen-bond donors (Lipinski definition) is 4. The Balaban J connectivity index is 1.58. The number of pyridine rings is 1. The van der Waals surface area contributed by atoms with Crippen LogP contribution in [0.4, 0.5) is 5.95 Å². The molecule has 4 aromatic rings. The SMILES string of the molecule is NC(=O)[C@H](CCCNc1ncc[nH]1)N(Cc1ccc(O)cc1)C(=O)c1ccc2ccccc2n1. The third kappa shape index (κ3) is 5.50. The lowest BCUT2D eigenvalue weighted by molar-refractivity contribution is -0.122. The summed E-state index contributed by atoms with van der Waals surface area (Å²) in [6, 6.07) is 16.7. The summed E-state index contributed by atoms with van der Waals surface area (Å²) in [5.74, 6) is -0.228. The molecule has 2 amide bonds. The maximum absolute atomic E-state index is 13.6. The van der Waals surface area contributed by atoms with Gasteiger partial charge in [0.25, 0.3) is 5.91 Å². The van der Waals surface area contributed by atoms with Gasteiger partial charge in [0.15, 0.2) is 5.95 Å². The molecule has 9 nitrogen and oxygen atoms in total. The van der Waals surface area contributed by atoms with Crippen molar-refractivity contribution in [1.82, 2.24) is 19.9 Å². The number of imidazole rings is 1. The monoisotopic (exact) mass is 458 g/mol. The second-order valence-corrected chi connectivity index (χ2v) is 7.91. The number of rotatable bonds is 10. The molecular formula is C25H26N6O3. The lowest BCUT2D eigenvalue weighted by Gasteiger charge is -2.30. The van der Waals surface area contributed by atoms with Gasteiger partial charge in [0.05, 0.1) is 5.52 Å². The fourth-order valence-corrected chi connectivity index (χ4v) is 3.77. The first-order chi connectivity index (χ1) is 16.5. The zero-order valence-electron chi connectivity index (χ0n) is 18.5. The van der Waals surface area contributed by atoms with Crippen molar-refractivity contribution in [3.8, 4) is 5.75 Å². The number of nitrogens with one attached hydrogen (secondary N) is 2. The number of amides is 2. The van der Waals surface area contributed by atoms with Crippen molar-refractivity contribution in [2.24, 2.45) is 5.73 Å². The molecule has 0 aliphatic heterocycles. The van der Waals surface area contributed by atoms with E-state index in [0.717, 1.165) is 10.9 Å². The molecule has 0 bridgehead atoms. The number of benzene rings is 2. The van der Waals surface area contributed by atoms with Gasteiger partial charge in [0, 0.05) is 30.9 Å². The molecule has 34 heavy (non-hydrogen) atoms. The van der Waals surface area contributed by atoms with Gasteiger partial charge < -0.3 is 26.0 Å². The topological polar surface area (TPSA) is 137 Å². The van der Waals surface area contributed by atoms with Crippen molar-refractivity contribution < 1.29 is 14.7 Å². The van der Waals surface area contributed by atoms with E-state index in [9.17, 15) is 14.7 Å². The molecule has 0 radical (unpaired) electrons. The molecule has 9 heteroatoms. The number of hydrogen-bond acceptors (Lipinski definition) is 6. The van der Waals surface area contributed by atoms with Gasteiger partial charge in [0.2, 0.25) is 5.91 Å². The largest absolute Gasteiger partial charge is 0.508 e. The third-order valence-corrected chi connectivity index (χ3v) is 5.52. The molecule has 4 rings (SSSR count). The average Bonchev–Trinajstić information content (AvgIpc) is 3.37. The molecule has 0 fully saturated rings. The fraction of sp³-hybridized carbons (Fsp3) is 0.200. The highest BCUT2D eigenvalue weighted by Gasteiger charge is 2.29. The van der Waals surface area contributed by atoms with E-state index in [-0.39, 0.29) is 23.9 Å². The minimum Gasteiger partial charge on any atom is -0.508 e.